The number of unbranched alkanes of at least 4 members (excludes halogenated alkanes) is 14. The fraction of sp³-hybridized carbons (Fsp3) is 0.958. The third-order valence-electron chi connectivity index (χ3n) is 5.37. The average Bonchev–Trinajstić information content (AvgIpc) is 2.71. The van der Waals surface area contributed by atoms with Crippen molar-refractivity contribution in [2.45, 2.75) is 130 Å². The predicted octanol–water partition coefficient (Wildman–Crippen LogP) is 6.15. The van der Waals surface area contributed by atoms with Crippen LogP contribution in [0.15, 0.2) is 0 Å². The summed E-state index contributed by atoms with van der Waals surface area (Å²) in [4.78, 5) is 34.5. The summed E-state index contributed by atoms with van der Waals surface area (Å²) >= 11 is 0. The second-order valence-electron chi connectivity index (χ2n) is 8.30. The molecule has 0 aliphatic heterocycles. The second-order valence-corrected chi connectivity index (χ2v) is 9.33. The van der Waals surface area contributed by atoms with E-state index in [0.29, 0.717) is 6.42 Å². The molecule has 1 amide bonds. The lowest BCUT2D eigenvalue weighted by molar-refractivity contribution is -0.118. The summed E-state index contributed by atoms with van der Waals surface area (Å²) in [7, 11) is -4.64. The normalized spacial score (nSPS) is 10.9. The third kappa shape index (κ3) is 47.4. The Morgan fingerprint density at radius 1 is 0.625 bits per heavy atom. The third-order valence-corrected chi connectivity index (χ3v) is 5.37. The molecule has 0 fully saturated rings. The summed E-state index contributed by atoms with van der Waals surface area (Å²) in [6.45, 7) is 12.4. The fourth-order valence-electron chi connectivity index (χ4n) is 3.34. The SMILES string of the molecule is CCCCCCCCCCCCCCCCCC(N)=O.CCN(CC)CC.O=P(O)(O)O. The van der Waals surface area contributed by atoms with Crippen LogP contribution in [0.2, 0.25) is 0 Å². The minimum Gasteiger partial charge on any atom is -0.370 e. The number of carbonyl (C=O) groups excluding carboxylic acids is 1. The van der Waals surface area contributed by atoms with E-state index in [9.17, 15) is 4.79 Å². The number of phosphoric acid groups is 1. The van der Waals surface area contributed by atoms with Crippen molar-refractivity contribution in [3.8, 4) is 0 Å². The molecule has 0 atom stereocenters. The molecule has 0 aliphatic carbocycles. The Balaban J connectivity index is -0.000000572. The van der Waals surface area contributed by atoms with Gasteiger partial charge < -0.3 is 25.3 Å². The van der Waals surface area contributed by atoms with Crippen LogP contribution in [0.1, 0.15) is 130 Å². The highest BCUT2D eigenvalue weighted by Gasteiger charge is 2.00. The first-order valence-electron chi connectivity index (χ1n) is 12.9. The van der Waals surface area contributed by atoms with Gasteiger partial charge in [0.05, 0.1) is 0 Å². The first-order valence-corrected chi connectivity index (χ1v) is 14.5. The van der Waals surface area contributed by atoms with Crippen LogP contribution in [-0.4, -0.2) is 45.1 Å². The first kappa shape index (κ1) is 36.1. The van der Waals surface area contributed by atoms with Crippen LogP contribution >= 0.6 is 7.82 Å². The zero-order chi connectivity index (χ0) is 25.1. The summed E-state index contributed by atoms with van der Waals surface area (Å²) in [6.07, 6.45) is 20.9. The Labute approximate surface area is 198 Å². The molecule has 0 aromatic carbocycles. The lowest BCUT2D eigenvalue weighted by Gasteiger charge is -2.13. The van der Waals surface area contributed by atoms with Crippen molar-refractivity contribution in [2.75, 3.05) is 19.6 Å². The van der Waals surface area contributed by atoms with E-state index >= 15 is 0 Å². The summed E-state index contributed by atoms with van der Waals surface area (Å²) in [5.74, 6) is -0.153. The van der Waals surface area contributed by atoms with Gasteiger partial charge in [-0.25, -0.2) is 4.57 Å². The summed E-state index contributed by atoms with van der Waals surface area (Å²) in [6, 6.07) is 0. The molecule has 0 aliphatic rings. The minimum absolute atomic E-state index is 0.153. The Morgan fingerprint density at radius 3 is 1.06 bits per heavy atom. The minimum atomic E-state index is -4.64. The van der Waals surface area contributed by atoms with E-state index < -0.39 is 7.82 Å². The topological polar surface area (TPSA) is 124 Å². The number of hydrogen-bond acceptors (Lipinski definition) is 3. The van der Waals surface area contributed by atoms with Crippen LogP contribution in [0.25, 0.3) is 0 Å². The van der Waals surface area contributed by atoms with Crippen LogP contribution in [0.4, 0.5) is 0 Å². The molecule has 5 N–H and O–H groups in total. The quantitative estimate of drug-likeness (QED) is 0.129. The van der Waals surface area contributed by atoms with Gasteiger partial charge in [0, 0.05) is 6.42 Å². The van der Waals surface area contributed by atoms with Crippen molar-refractivity contribution in [3.63, 3.8) is 0 Å². The maximum atomic E-state index is 10.6. The van der Waals surface area contributed by atoms with Crippen LogP contribution in [0.3, 0.4) is 0 Å². The average molecular weight is 483 g/mol. The zero-order valence-electron chi connectivity index (χ0n) is 21.6. The Morgan fingerprint density at radius 2 is 0.875 bits per heavy atom. The number of nitrogens with zero attached hydrogens (tertiary/aromatic N) is 1. The lowest BCUT2D eigenvalue weighted by Crippen LogP contribution is -2.21. The van der Waals surface area contributed by atoms with Crippen molar-refractivity contribution < 1.29 is 24.0 Å². The van der Waals surface area contributed by atoms with Crippen LogP contribution in [-0.2, 0) is 9.36 Å². The largest absolute Gasteiger partial charge is 0.466 e. The maximum Gasteiger partial charge on any atom is 0.466 e. The van der Waals surface area contributed by atoms with E-state index in [2.05, 4.69) is 32.6 Å². The molecule has 7 nitrogen and oxygen atoms in total. The van der Waals surface area contributed by atoms with E-state index in [-0.39, 0.29) is 5.91 Å². The van der Waals surface area contributed by atoms with Crippen LogP contribution in [0.5, 0.6) is 0 Å². The highest BCUT2D eigenvalue weighted by atomic mass is 31.2. The molecular weight excluding hydrogens is 427 g/mol. The highest BCUT2D eigenvalue weighted by Crippen LogP contribution is 2.25. The highest BCUT2D eigenvalue weighted by molar-refractivity contribution is 7.45. The zero-order valence-corrected chi connectivity index (χ0v) is 22.5. The molecule has 0 saturated heterocycles. The molecule has 0 radical (unpaired) electrons. The van der Waals surface area contributed by atoms with E-state index in [1.54, 1.807) is 0 Å². The Bertz CT molecular complexity index is 401. The van der Waals surface area contributed by atoms with E-state index in [1.807, 2.05) is 0 Å². The van der Waals surface area contributed by atoms with Crippen molar-refractivity contribution >= 4 is 13.7 Å². The van der Waals surface area contributed by atoms with E-state index in [0.717, 1.165) is 6.42 Å². The number of nitrogens with two attached hydrogens (primary N) is 1. The fourth-order valence-corrected chi connectivity index (χ4v) is 3.34. The van der Waals surface area contributed by atoms with Gasteiger partial charge in [-0.1, -0.05) is 118 Å². The first-order chi connectivity index (χ1) is 15.1. The standard InChI is InChI=1S/C18H37NO.C6H15N.H3O4P/c1-2-3-4-5-6-7-8-9-10-11-12-13-14-15-16-17-18(19)20;1-4-7(5-2)6-3;1-5(2,3)4/h2-17H2,1H3,(H2,19,20);4-6H2,1-3H3;(H3,1,2,3,4). The molecule has 196 valence electrons. The number of amides is 1. The Hall–Kier alpha value is -0.460. The molecule has 0 aromatic rings. The van der Waals surface area contributed by atoms with Gasteiger partial charge in [0.1, 0.15) is 0 Å². The van der Waals surface area contributed by atoms with Crippen LogP contribution < -0.4 is 5.73 Å². The smallest absolute Gasteiger partial charge is 0.370 e. The molecular formula is C24H55N2O5P. The second kappa shape index (κ2) is 28.6. The predicted molar refractivity (Wildman–Crippen MR) is 136 cm³/mol. The number of primary amides is 1. The van der Waals surface area contributed by atoms with E-state index in [1.165, 1.54) is 110 Å². The molecule has 32 heavy (non-hydrogen) atoms. The molecule has 0 saturated carbocycles. The van der Waals surface area contributed by atoms with Gasteiger partial charge in [-0.15, -0.1) is 0 Å². The number of carbonyl (C=O) groups is 1. The van der Waals surface area contributed by atoms with Crippen molar-refractivity contribution in [1.29, 1.82) is 0 Å². The monoisotopic (exact) mass is 482 g/mol. The van der Waals surface area contributed by atoms with Gasteiger partial charge in [0.15, 0.2) is 0 Å². The molecule has 0 unspecified atom stereocenters. The van der Waals surface area contributed by atoms with Gasteiger partial charge in [-0.2, -0.15) is 0 Å². The van der Waals surface area contributed by atoms with Crippen molar-refractivity contribution in [1.82, 2.24) is 4.90 Å². The van der Waals surface area contributed by atoms with Gasteiger partial charge >= 0.3 is 7.82 Å². The molecule has 0 rings (SSSR count). The summed E-state index contributed by atoms with van der Waals surface area (Å²) in [5, 5.41) is 0. The van der Waals surface area contributed by atoms with E-state index in [4.69, 9.17) is 25.0 Å². The van der Waals surface area contributed by atoms with Crippen LogP contribution in [0, 0.1) is 0 Å². The number of rotatable bonds is 19. The van der Waals surface area contributed by atoms with Gasteiger partial charge in [-0.3, -0.25) is 4.79 Å². The van der Waals surface area contributed by atoms with Gasteiger partial charge in [-0.05, 0) is 26.1 Å². The molecule has 0 bridgehead atoms. The Kier molecular flexibility index (Phi) is 32.2. The molecule has 0 spiro atoms. The van der Waals surface area contributed by atoms with Crippen molar-refractivity contribution in [3.05, 3.63) is 0 Å². The summed E-state index contributed by atoms with van der Waals surface area (Å²) in [5.41, 5.74) is 5.11. The lowest BCUT2D eigenvalue weighted by atomic mass is 10.0. The maximum absolute atomic E-state index is 10.6. The molecule has 0 aromatic heterocycles. The van der Waals surface area contributed by atoms with Gasteiger partial charge in [0.25, 0.3) is 0 Å². The van der Waals surface area contributed by atoms with Crippen molar-refractivity contribution in [2.24, 2.45) is 5.73 Å². The summed E-state index contributed by atoms with van der Waals surface area (Å²) < 4.78 is 8.88. The number of hydrogen-bond donors (Lipinski definition) is 4. The molecule has 0 heterocycles. The van der Waals surface area contributed by atoms with Gasteiger partial charge in [0.2, 0.25) is 5.91 Å². The molecule has 8 heteroatoms.